The number of hydrogen-bond donors (Lipinski definition) is 0. The van der Waals surface area contributed by atoms with E-state index in [9.17, 15) is 26.0 Å². The SMILES string of the molecule is COc1cc(C2=C(C(F)(F)F)CC(C3CCC(CS(=O)(=O)C(C)(C)C)CC3)=N2)ccc1F. The zero-order valence-electron chi connectivity index (χ0n) is 18.7. The van der Waals surface area contributed by atoms with Crippen molar-refractivity contribution in [2.75, 3.05) is 12.9 Å². The Morgan fingerprint density at radius 1 is 1.09 bits per heavy atom. The van der Waals surface area contributed by atoms with Gasteiger partial charge in [0.05, 0.1) is 28.9 Å². The van der Waals surface area contributed by atoms with Crippen LogP contribution in [0.25, 0.3) is 5.70 Å². The van der Waals surface area contributed by atoms with Crippen LogP contribution in [0.5, 0.6) is 5.75 Å². The number of benzene rings is 1. The van der Waals surface area contributed by atoms with Crippen molar-refractivity contribution in [2.45, 2.75) is 63.8 Å². The highest BCUT2D eigenvalue weighted by molar-refractivity contribution is 7.92. The Labute approximate surface area is 186 Å². The van der Waals surface area contributed by atoms with Gasteiger partial charge in [-0.05, 0) is 76.5 Å². The third kappa shape index (κ3) is 5.18. The molecule has 1 aliphatic heterocycles. The molecule has 4 nitrogen and oxygen atoms in total. The number of halogens is 4. The number of aliphatic imine (C=N–C) groups is 1. The minimum Gasteiger partial charge on any atom is -0.494 e. The van der Waals surface area contributed by atoms with Crippen molar-refractivity contribution < 1.29 is 30.7 Å². The third-order valence-corrected chi connectivity index (χ3v) is 9.15. The van der Waals surface area contributed by atoms with E-state index in [1.807, 2.05) is 0 Å². The Balaban J connectivity index is 1.78. The molecule has 0 atom stereocenters. The van der Waals surface area contributed by atoms with Crippen LogP contribution >= 0.6 is 0 Å². The van der Waals surface area contributed by atoms with Gasteiger partial charge in [-0.25, -0.2) is 12.8 Å². The van der Waals surface area contributed by atoms with E-state index >= 15 is 0 Å². The highest BCUT2D eigenvalue weighted by atomic mass is 32.2. The van der Waals surface area contributed by atoms with Crippen LogP contribution < -0.4 is 4.74 Å². The summed E-state index contributed by atoms with van der Waals surface area (Å²) in [6.07, 6.45) is -2.36. The number of methoxy groups -OCH3 is 1. The molecular formula is C23H29F4NO3S. The van der Waals surface area contributed by atoms with E-state index in [-0.39, 0.29) is 41.0 Å². The van der Waals surface area contributed by atoms with Gasteiger partial charge >= 0.3 is 6.18 Å². The lowest BCUT2D eigenvalue weighted by Crippen LogP contribution is -2.35. The molecule has 0 amide bonds. The lowest BCUT2D eigenvalue weighted by Gasteiger charge is -2.30. The van der Waals surface area contributed by atoms with Crippen LogP contribution in [-0.2, 0) is 9.84 Å². The highest BCUT2D eigenvalue weighted by Gasteiger charge is 2.42. The van der Waals surface area contributed by atoms with E-state index in [1.165, 1.54) is 19.2 Å². The van der Waals surface area contributed by atoms with Gasteiger partial charge in [-0.1, -0.05) is 0 Å². The quantitative estimate of drug-likeness (QED) is 0.493. The zero-order chi connectivity index (χ0) is 23.9. The van der Waals surface area contributed by atoms with E-state index in [4.69, 9.17) is 4.74 Å². The largest absolute Gasteiger partial charge is 0.494 e. The van der Waals surface area contributed by atoms with E-state index in [1.54, 1.807) is 20.8 Å². The van der Waals surface area contributed by atoms with Crippen LogP contribution in [0.4, 0.5) is 17.6 Å². The van der Waals surface area contributed by atoms with Gasteiger partial charge in [-0.15, -0.1) is 0 Å². The summed E-state index contributed by atoms with van der Waals surface area (Å²) < 4.78 is 84.1. The Hall–Kier alpha value is -1.90. The average Bonchev–Trinajstić information content (AvgIpc) is 3.14. The number of hydrogen-bond acceptors (Lipinski definition) is 4. The lowest BCUT2D eigenvalue weighted by atomic mass is 9.79. The molecule has 1 aromatic rings. The van der Waals surface area contributed by atoms with Crippen LogP contribution in [-0.4, -0.2) is 37.9 Å². The minimum atomic E-state index is -4.56. The molecule has 0 aromatic heterocycles. The molecule has 178 valence electrons. The van der Waals surface area contributed by atoms with Crippen LogP contribution in [0.2, 0.25) is 0 Å². The third-order valence-electron chi connectivity index (χ3n) is 6.37. The van der Waals surface area contributed by atoms with E-state index < -0.39 is 32.2 Å². The van der Waals surface area contributed by atoms with Gasteiger partial charge < -0.3 is 4.74 Å². The van der Waals surface area contributed by atoms with Gasteiger partial charge in [0.1, 0.15) is 0 Å². The fourth-order valence-corrected chi connectivity index (χ4v) is 5.71. The Morgan fingerprint density at radius 3 is 2.25 bits per heavy atom. The number of ether oxygens (including phenoxy) is 1. The second-order valence-corrected chi connectivity index (χ2v) is 12.4. The summed E-state index contributed by atoms with van der Waals surface area (Å²) in [6.45, 7) is 5.03. The van der Waals surface area contributed by atoms with Gasteiger partial charge in [0.15, 0.2) is 21.4 Å². The van der Waals surface area contributed by atoms with Crippen LogP contribution in [0.15, 0.2) is 28.8 Å². The molecule has 32 heavy (non-hydrogen) atoms. The van der Waals surface area contributed by atoms with Crippen molar-refractivity contribution >= 4 is 21.2 Å². The summed E-state index contributed by atoms with van der Waals surface area (Å²) in [5.74, 6) is -0.812. The first kappa shape index (κ1) is 24.7. The minimum absolute atomic E-state index is 0.00774. The van der Waals surface area contributed by atoms with Crippen LogP contribution in [0.3, 0.4) is 0 Å². The molecule has 0 radical (unpaired) electrons. The number of rotatable bonds is 5. The Morgan fingerprint density at radius 2 is 1.72 bits per heavy atom. The number of allylic oxidation sites excluding steroid dienone is 1. The predicted molar refractivity (Wildman–Crippen MR) is 117 cm³/mol. The lowest BCUT2D eigenvalue weighted by molar-refractivity contribution is -0.0917. The summed E-state index contributed by atoms with van der Waals surface area (Å²) in [6, 6.07) is 3.58. The van der Waals surface area contributed by atoms with Gasteiger partial charge in [0.2, 0.25) is 0 Å². The molecule has 0 spiro atoms. The second-order valence-electron chi connectivity index (χ2n) is 9.57. The molecule has 0 saturated heterocycles. The zero-order valence-corrected chi connectivity index (χ0v) is 19.5. The molecule has 0 unspecified atom stereocenters. The van der Waals surface area contributed by atoms with E-state index in [2.05, 4.69) is 4.99 Å². The van der Waals surface area contributed by atoms with Crippen molar-refractivity contribution in [1.82, 2.24) is 0 Å². The first-order valence-corrected chi connectivity index (χ1v) is 12.3. The number of nitrogens with zero attached hydrogens (tertiary/aromatic N) is 1. The summed E-state index contributed by atoms with van der Waals surface area (Å²) >= 11 is 0. The van der Waals surface area contributed by atoms with E-state index in [0.29, 0.717) is 31.4 Å². The highest BCUT2D eigenvalue weighted by Crippen LogP contribution is 2.44. The first-order valence-electron chi connectivity index (χ1n) is 10.7. The smallest absolute Gasteiger partial charge is 0.415 e. The van der Waals surface area contributed by atoms with Gasteiger partial charge in [0.25, 0.3) is 0 Å². The number of alkyl halides is 3. The van der Waals surface area contributed by atoms with Crippen molar-refractivity contribution in [3.63, 3.8) is 0 Å². The molecule has 1 heterocycles. The topological polar surface area (TPSA) is 55.7 Å². The summed E-state index contributed by atoms with van der Waals surface area (Å²) in [4.78, 5) is 4.35. The Kier molecular flexibility index (Phi) is 6.80. The van der Waals surface area contributed by atoms with Gasteiger partial charge in [0, 0.05) is 17.7 Å². The standard InChI is InChI=1S/C23H29F4NO3S/c1-22(2,3)32(29,30)13-14-5-7-15(8-6-14)19-12-17(23(25,26)27)21(28-19)16-9-10-18(24)20(11-16)31-4/h9-11,14-15H,5-8,12-13H2,1-4H3. The second kappa shape index (κ2) is 8.80. The average molecular weight is 476 g/mol. The Bertz CT molecular complexity index is 1030. The molecule has 1 fully saturated rings. The fourth-order valence-electron chi connectivity index (χ4n) is 4.25. The molecule has 3 rings (SSSR count). The van der Waals surface area contributed by atoms with Crippen molar-refractivity contribution in [1.29, 1.82) is 0 Å². The van der Waals surface area contributed by atoms with Crippen molar-refractivity contribution in [3.8, 4) is 5.75 Å². The fraction of sp³-hybridized carbons (Fsp3) is 0.609. The van der Waals surface area contributed by atoms with Crippen molar-refractivity contribution in [3.05, 3.63) is 35.2 Å². The molecule has 0 bridgehead atoms. The maximum absolute atomic E-state index is 13.8. The van der Waals surface area contributed by atoms with Gasteiger partial charge in [-0.2, -0.15) is 13.2 Å². The summed E-state index contributed by atoms with van der Waals surface area (Å²) in [5.41, 5.74) is -0.301. The van der Waals surface area contributed by atoms with Gasteiger partial charge in [-0.3, -0.25) is 4.99 Å². The molecular weight excluding hydrogens is 446 g/mol. The van der Waals surface area contributed by atoms with Crippen molar-refractivity contribution in [2.24, 2.45) is 16.8 Å². The predicted octanol–water partition coefficient (Wildman–Crippen LogP) is 5.97. The van der Waals surface area contributed by atoms with Crippen LogP contribution in [0.1, 0.15) is 58.4 Å². The van der Waals surface area contributed by atoms with E-state index in [0.717, 1.165) is 6.07 Å². The molecule has 1 aromatic carbocycles. The molecule has 2 aliphatic rings. The monoisotopic (exact) mass is 475 g/mol. The molecule has 1 saturated carbocycles. The summed E-state index contributed by atoms with van der Waals surface area (Å²) in [7, 11) is -1.99. The van der Waals surface area contributed by atoms with Crippen LogP contribution in [0, 0.1) is 17.7 Å². The maximum atomic E-state index is 13.8. The molecule has 0 N–H and O–H groups in total. The normalized spacial score (nSPS) is 22.8. The number of sulfone groups is 1. The first-order chi connectivity index (χ1) is 14.7. The molecule has 1 aliphatic carbocycles. The maximum Gasteiger partial charge on any atom is 0.415 e. The summed E-state index contributed by atoms with van der Waals surface area (Å²) in [5, 5.41) is 0. The molecule has 9 heteroatoms.